The molecule has 1 fully saturated rings. The van der Waals surface area contributed by atoms with Crippen LogP contribution in [0.5, 0.6) is 5.75 Å². The lowest BCUT2D eigenvalue weighted by atomic mass is 10.1. The van der Waals surface area contributed by atoms with E-state index in [9.17, 15) is 4.79 Å². The summed E-state index contributed by atoms with van der Waals surface area (Å²) in [4.78, 5) is 17.2. The van der Waals surface area contributed by atoms with Crippen LogP contribution >= 0.6 is 0 Å². The summed E-state index contributed by atoms with van der Waals surface area (Å²) >= 11 is 0. The monoisotopic (exact) mass is 367 g/mol. The van der Waals surface area contributed by atoms with Crippen molar-refractivity contribution in [3.63, 3.8) is 0 Å². The fourth-order valence-corrected chi connectivity index (χ4v) is 2.93. The van der Waals surface area contributed by atoms with Crippen molar-refractivity contribution >= 4 is 17.6 Å². The van der Waals surface area contributed by atoms with E-state index < -0.39 is 0 Å². The molecule has 0 spiro atoms. The highest BCUT2D eigenvalue weighted by atomic mass is 16.5. The number of nitrogens with one attached hydrogen (secondary N) is 2. The number of ether oxygens (including phenoxy) is 2. The Morgan fingerprint density at radius 3 is 2.85 bits per heavy atom. The molecular weight excluding hydrogens is 342 g/mol. The fraction of sp³-hybridized carbons (Fsp3) is 0.333. The van der Waals surface area contributed by atoms with Gasteiger partial charge >= 0.3 is 0 Å². The first-order valence-corrected chi connectivity index (χ1v) is 9.10. The van der Waals surface area contributed by atoms with Crippen molar-refractivity contribution in [2.45, 2.75) is 25.9 Å². The normalized spacial score (nSPS) is 16.8. The highest BCUT2D eigenvalue weighted by molar-refractivity contribution is 6.10. The summed E-state index contributed by atoms with van der Waals surface area (Å²) in [6.07, 6.45) is 2.12. The first-order valence-electron chi connectivity index (χ1n) is 9.10. The van der Waals surface area contributed by atoms with Gasteiger partial charge in [0, 0.05) is 12.2 Å². The van der Waals surface area contributed by atoms with Crippen LogP contribution in [0.2, 0.25) is 0 Å². The SMILES string of the molecule is COc1ccccc1NC(=NC[C@@H]1CCCO1)NC(=O)c1cccc(C)c1. The zero-order chi connectivity index (χ0) is 19.1. The molecule has 27 heavy (non-hydrogen) atoms. The number of methoxy groups -OCH3 is 1. The topological polar surface area (TPSA) is 71.9 Å². The lowest BCUT2D eigenvalue weighted by Gasteiger charge is -2.15. The van der Waals surface area contributed by atoms with Crippen LogP contribution in [0.3, 0.4) is 0 Å². The molecule has 142 valence electrons. The molecule has 0 bridgehead atoms. The molecule has 1 aliphatic heterocycles. The number of benzene rings is 2. The molecule has 2 aromatic carbocycles. The summed E-state index contributed by atoms with van der Waals surface area (Å²) in [7, 11) is 1.61. The van der Waals surface area contributed by atoms with Gasteiger partial charge in [-0.2, -0.15) is 0 Å². The average molecular weight is 367 g/mol. The molecule has 0 aliphatic carbocycles. The zero-order valence-electron chi connectivity index (χ0n) is 15.7. The van der Waals surface area contributed by atoms with E-state index in [1.807, 2.05) is 49.4 Å². The third-order valence-electron chi connectivity index (χ3n) is 4.35. The van der Waals surface area contributed by atoms with Crippen molar-refractivity contribution in [1.82, 2.24) is 5.32 Å². The van der Waals surface area contributed by atoms with Crippen LogP contribution in [0, 0.1) is 6.92 Å². The number of nitrogens with zero attached hydrogens (tertiary/aromatic N) is 1. The van der Waals surface area contributed by atoms with E-state index in [2.05, 4.69) is 15.6 Å². The number of guanidine groups is 1. The highest BCUT2D eigenvalue weighted by Crippen LogP contribution is 2.23. The molecule has 6 heteroatoms. The van der Waals surface area contributed by atoms with Gasteiger partial charge in [-0.3, -0.25) is 10.1 Å². The number of para-hydroxylation sites is 2. The maximum atomic E-state index is 12.7. The van der Waals surface area contributed by atoms with Gasteiger partial charge in [0.1, 0.15) is 5.75 Å². The standard InChI is InChI=1S/C21H25N3O3/c1-15-7-5-8-16(13-15)20(25)24-21(22-14-17-9-6-12-27-17)23-18-10-3-4-11-19(18)26-2/h3-5,7-8,10-11,13,17H,6,9,12,14H2,1-2H3,(H2,22,23,24,25)/t17-/m0/s1. The number of amides is 1. The molecule has 0 saturated carbocycles. The molecule has 2 aromatic rings. The van der Waals surface area contributed by atoms with Crippen molar-refractivity contribution in [3.8, 4) is 5.75 Å². The highest BCUT2D eigenvalue weighted by Gasteiger charge is 2.16. The first-order chi connectivity index (χ1) is 13.2. The van der Waals surface area contributed by atoms with Gasteiger partial charge in [-0.05, 0) is 44.0 Å². The van der Waals surface area contributed by atoms with Gasteiger partial charge in [-0.15, -0.1) is 0 Å². The van der Waals surface area contributed by atoms with Crippen LogP contribution in [0.1, 0.15) is 28.8 Å². The maximum absolute atomic E-state index is 12.7. The molecule has 1 saturated heterocycles. The molecular formula is C21H25N3O3. The number of aryl methyl sites for hydroxylation is 1. The Hall–Kier alpha value is -2.86. The second kappa shape index (κ2) is 9.19. The Bertz CT molecular complexity index is 814. The van der Waals surface area contributed by atoms with Crippen molar-refractivity contribution in [2.75, 3.05) is 25.6 Å². The van der Waals surface area contributed by atoms with Crippen LogP contribution in [0.15, 0.2) is 53.5 Å². The Kier molecular flexibility index (Phi) is 6.44. The molecule has 1 aliphatic rings. The Balaban J connectivity index is 1.78. The van der Waals surface area contributed by atoms with Crippen molar-refractivity contribution in [1.29, 1.82) is 0 Å². The molecule has 1 amide bonds. The van der Waals surface area contributed by atoms with Gasteiger partial charge in [-0.1, -0.05) is 29.8 Å². The maximum Gasteiger partial charge on any atom is 0.257 e. The molecule has 6 nitrogen and oxygen atoms in total. The second-order valence-corrected chi connectivity index (χ2v) is 6.47. The molecule has 0 unspecified atom stereocenters. The third-order valence-corrected chi connectivity index (χ3v) is 4.35. The minimum absolute atomic E-state index is 0.0929. The summed E-state index contributed by atoms with van der Waals surface area (Å²) in [5.74, 6) is 0.834. The van der Waals surface area contributed by atoms with Crippen molar-refractivity contribution in [3.05, 3.63) is 59.7 Å². The molecule has 2 N–H and O–H groups in total. The Morgan fingerprint density at radius 2 is 2.11 bits per heavy atom. The average Bonchev–Trinajstić information content (AvgIpc) is 3.20. The van der Waals surface area contributed by atoms with E-state index in [1.54, 1.807) is 13.2 Å². The summed E-state index contributed by atoms with van der Waals surface area (Å²) in [6, 6.07) is 14.9. The summed E-state index contributed by atoms with van der Waals surface area (Å²) < 4.78 is 11.0. The van der Waals surface area contributed by atoms with Gasteiger partial charge in [0.15, 0.2) is 0 Å². The van der Waals surface area contributed by atoms with Gasteiger partial charge in [0.05, 0.1) is 25.4 Å². The molecule has 0 aromatic heterocycles. The first kappa shape index (κ1) is 18.9. The van der Waals surface area contributed by atoms with E-state index >= 15 is 0 Å². The number of hydrogen-bond donors (Lipinski definition) is 2. The van der Waals surface area contributed by atoms with Crippen LogP contribution in [0.25, 0.3) is 0 Å². The van der Waals surface area contributed by atoms with E-state index in [4.69, 9.17) is 9.47 Å². The van der Waals surface area contributed by atoms with Crippen LogP contribution in [0.4, 0.5) is 5.69 Å². The minimum atomic E-state index is -0.216. The molecule has 0 radical (unpaired) electrons. The van der Waals surface area contributed by atoms with Gasteiger partial charge in [0.25, 0.3) is 5.91 Å². The van der Waals surface area contributed by atoms with E-state index in [-0.39, 0.29) is 12.0 Å². The summed E-state index contributed by atoms with van der Waals surface area (Å²) in [5.41, 5.74) is 2.34. The molecule has 1 atom stereocenters. The van der Waals surface area contributed by atoms with Crippen LogP contribution in [-0.2, 0) is 4.74 Å². The lowest BCUT2D eigenvalue weighted by Crippen LogP contribution is -2.36. The van der Waals surface area contributed by atoms with Crippen molar-refractivity contribution < 1.29 is 14.3 Å². The van der Waals surface area contributed by atoms with Gasteiger partial charge in [-0.25, -0.2) is 4.99 Å². The smallest absolute Gasteiger partial charge is 0.257 e. The number of rotatable bonds is 5. The lowest BCUT2D eigenvalue weighted by molar-refractivity contribution is 0.0975. The van der Waals surface area contributed by atoms with E-state index in [0.717, 1.165) is 30.7 Å². The van der Waals surface area contributed by atoms with Gasteiger partial charge in [0.2, 0.25) is 5.96 Å². The predicted molar refractivity (Wildman–Crippen MR) is 107 cm³/mol. The molecule has 1 heterocycles. The Morgan fingerprint density at radius 1 is 1.26 bits per heavy atom. The van der Waals surface area contributed by atoms with Crippen LogP contribution < -0.4 is 15.4 Å². The number of carbonyl (C=O) groups excluding carboxylic acids is 1. The number of hydrogen-bond acceptors (Lipinski definition) is 4. The van der Waals surface area contributed by atoms with Crippen LogP contribution in [-0.4, -0.2) is 38.2 Å². The number of aliphatic imine (C=N–C) groups is 1. The summed E-state index contributed by atoms with van der Waals surface area (Å²) in [5, 5.41) is 6.05. The summed E-state index contributed by atoms with van der Waals surface area (Å²) in [6.45, 7) is 3.22. The minimum Gasteiger partial charge on any atom is -0.495 e. The third kappa shape index (κ3) is 5.31. The van der Waals surface area contributed by atoms with E-state index in [0.29, 0.717) is 23.8 Å². The van der Waals surface area contributed by atoms with Gasteiger partial charge < -0.3 is 14.8 Å². The number of anilines is 1. The fourth-order valence-electron chi connectivity index (χ4n) is 2.93. The molecule has 3 rings (SSSR count). The van der Waals surface area contributed by atoms with E-state index in [1.165, 1.54) is 0 Å². The zero-order valence-corrected chi connectivity index (χ0v) is 15.7. The Labute approximate surface area is 159 Å². The number of carbonyl (C=O) groups is 1. The quantitative estimate of drug-likeness (QED) is 0.628. The second-order valence-electron chi connectivity index (χ2n) is 6.47. The van der Waals surface area contributed by atoms with Crippen molar-refractivity contribution in [2.24, 2.45) is 4.99 Å². The largest absolute Gasteiger partial charge is 0.495 e. The predicted octanol–water partition coefficient (Wildman–Crippen LogP) is 3.38.